The zero-order chi connectivity index (χ0) is 14.4. The highest BCUT2D eigenvalue weighted by atomic mass is 16.5. The molecule has 1 aliphatic heterocycles. The number of benzene rings is 1. The number of unbranched alkanes of at least 4 members (excludes halogenated alkanes) is 1. The van der Waals surface area contributed by atoms with E-state index in [2.05, 4.69) is 12.2 Å². The summed E-state index contributed by atoms with van der Waals surface area (Å²) >= 11 is 0. The first kappa shape index (κ1) is 14.5. The van der Waals surface area contributed by atoms with Crippen LogP contribution in [-0.2, 0) is 14.3 Å². The van der Waals surface area contributed by atoms with E-state index in [0.29, 0.717) is 19.6 Å². The van der Waals surface area contributed by atoms with Crippen molar-refractivity contribution >= 4 is 23.2 Å². The van der Waals surface area contributed by atoms with E-state index in [1.807, 2.05) is 24.3 Å². The Morgan fingerprint density at radius 2 is 2.10 bits per heavy atom. The molecule has 1 aromatic carbocycles. The van der Waals surface area contributed by atoms with E-state index in [-0.39, 0.29) is 18.4 Å². The first-order valence-corrected chi connectivity index (χ1v) is 6.98. The van der Waals surface area contributed by atoms with Gasteiger partial charge in [0.15, 0.2) is 0 Å². The van der Waals surface area contributed by atoms with Crippen molar-refractivity contribution in [3.8, 4) is 0 Å². The molecule has 1 N–H and O–H groups in total. The second-order valence-corrected chi connectivity index (χ2v) is 4.80. The van der Waals surface area contributed by atoms with E-state index < -0.39 is 0 Å². The molecule has 0 aromatic heterocycles. The minimum absolute atomic E-state index is 0.0297. The lowest BCUT2D eigenvalue weighted by Gasteiger charge is -2.26. The number of nitrogens with zero attached hydrogens (tertiary/aromatic N) is 1. The van der Waals surface area contributed by atoms with Crippen molar-refractivity contribution in [3.63, 3.8) is 0 Å². The average Bonchev–Trinajstić information content (AvgIpc) is 2.47. The van der Waals surface area contributed by atoms with Crippen molar-refractivity contribution in [3.05, 3.63) is 24.3 Å². The van der Waals surface area contributed by atoms with Gasteiger partial charge in [0.2, 0.25) is 5.91 Å². The molecule has 1 saturated heterocycles. The number of hydrogen-bond acceptors (Lipinski definition) is 3. The largest absolute Gasteiger partial charge is 0.370 e. The Morgan fingerprint density at radius 3 is 2.75 bits per heavy atom. The lowest BCUT2D eigenvalue weighted by Crippen LogP contribution is -2.41. The zero-order valence-corrected chi connectivity index (χ0v) is 11.7. The summed E-state index contributed by atoms with van der Waals surface area (Å²) in [6, 6.07) is 7.33. The van der Waals surface area contributed by atoms with Gasteiger partial charge in [0, 0.05) is 24.3 Å². The highest BCUT2D eigenvalue weighted by Gasteiger charge is 2.19. The van der Waals surface area contributed by atoms with Gasteiger partial charge in [-0.15, -0.1) is 0 Å². The van der Waals surface area contributed by atoms with Crippen LogP contribution in [0.2, 0.25) is 0 Å². The van der Waals surface area contributed by atoms with Crippen molar-refractivity contribution in [2.75, 3.05) is 30.0 Å². The quantitative estimate of drug-likeness (QED) is 0.896. The van der Waals surface area contributed by atoms with Gasteiger partial charge in [-0.1, -0.05) is 13.3 Å². The molecule has 0 unspecified atom stereocenters. The van der Waals surface area contributed by atoms with Crippen molar-refractivity contribution in [2.45, 2.75) is 26.2 Å². The zero-order valence-electron chi connectivity index (χ0n) is 11.7. The standard InChI is InChI=1S/C15H20N2O3/c1-2-3-4-14(18)16-12-5-7-13(8-6-12)17-9-10-20-11-15(17)19/h5-8H,2-4,9-11H2,1H3,(H,16,18). The third-order valence-electron chi connectivity index (χ3n) is 3.21. The number of amides is 2. The predicted octanol–water partition coefficient (Wildman–Crippen LogP) is 2.18. The summed E-state index contributed by atoms with van der Waals surface area (Å²) in [6.45, 7) is 3.32. The maximum atomic E-state index is 11.7. The van der Waals surface area contributed by atoms with E-state index >= 15 is 0 Å². The SMILES string of the molecule is CCCCC(=O)Nc1ccc(N2CCOCC2=O)cc1. The van der Waals surface area contributed by atoms with Crippen LogP contribution in [0.25, 0.3) is 0 Å². The molecule has 108 valence electrons. The van der Waals surface area contributed by atoms with Crippen molar-refractivity contribution in [2.24, 2.45) is 0 Å². The number of morpholine rings is 1. The van der Waals surface area contributed by atoms with Gasteiger partial charge in [-0.25, -0.2) is 0 Å². The van der Waals surface area contributed by atoms with Crippen molar-refractivity contribution in [1.29, 1.82) is 0 Å². The number of carbonyl (C=O) groups is 2. The van der Waals surface area contributed by atoms with Gasteiger partial charge in [-0.05, 0) is 30.7 Å². The molecule has 5 heteroatoms. The highest BCUT2D eigenvalue weighted by Crippen LogP contribution is 2.19. The third-order valence-corrected chi connectivity index (χ3v) is 3.21. The topological polar surface area (TPSA) is 58.6 Å². The number of rotatable bonds is 5. The van der Waals surface area contributed by atoms with Crippen molar-refractivity contribution < 1.29 is 14.3 Å². The van der Waals surface area contributed by atoms with Crippen LogP contribution < -0.4 is 10.2 Å². The lowest BCUT2D eigenvalue weighted by atomic mass is 10.2. The molecule has 0 atom stereocenters. The monoisotopic (exact) mass is 276 g/mol. The van der Waals surface area contributed by atoms with Gasteiger partial charge in [-0.3, -0.25) is 9.59 Å². The maximum absolute atomic E-state index is 11.7. The van der Waals surface area contributed by atoms with Gasteiger partial charge >= 0.3 is 0 Å². The van der Waals surface area contributed by atoms with Crippen LogP contribution in [0.4, 0.5) is 11.4 Å². The minimum Gasteiger partial charge on any atom is -0.370 e. The molecule has 1 fully saturated rings. The second kappa shape index (κ2) is 7.05. The van der Waals surface area contributed by atoms with Crippen LogP contribution in [0.3, 0.4) is 0 Å². The van der Waals surface area contributed by atoms with Crippen LogP contribution in [0.1, 0.15) is 26.2 Å². The summed E-state index contributed by atoms with van der Waals surface area (Å²) < 4.78 is 5.10. The normalized spacial score (nSPS) is 15.2. The Balaban J connectivity index is 1.95. The number of hydrogen-bond donors (Lipinski definition) is 1. The summed E-state index contributed by atoms with van der Waals surface area (Å²) in [5, 5.41) is 2.85. The fourth-order valence-electron chi connectivity index (χ4n) is 2.08. The molecular formula is C15H20N2O3. The Kier molecular flexibility index (Phi) is 5.12. The molecule has 1 aromatic rings. The summed E-state index contributed by atoms with van der Waals surface area (Å²) in [4.78, 5) is 25.0. The number of nitrogens with one attached hydrogen (secondary N) is 1. The van der Waals surface area contributed by atoms with Crippen LogP contribution in [0, 0.1) is 0 Å². The highest BCUT2D eigenvalue weighted by molar-refractivity contribution is 5.95. The summed E-state index contributed by atoms with van der Waals surface area (Å²) in [5.74, 6) is -0.00182. The van der Waals surface area contributed by atoms with E-state index in [1.54, 1.807) is 4.90 Å². The summed E-state index contributed by atoms with van der Waals surface area (Å²) in [6.07, 6.45) is 2.44. The number of ether oxygens (including phenoxy) is 1. The summed E-state index contributed by atoms with van der Waals surface area (Å²) in [5.41, 5.74) is 1.60. The van der Waals surface area contributed by atoms with Crippen LogP contribution in [0.15, 0.2) is 24.3 Å². The van der Waals surface area contributed by atoms with Gasteiger partial charge in [-0.2, -0.15) is 0 Å². The number of carbonyl (C=O) groups excluding carboxylic acids is 2. The molecule has 5 nitrogen and oxygen atoms in total. The van der Waals surface area contributed by atoms with Crippen molar-refractivity contribution in [1.82, 2.24) is 0 Å². The molecule has 2 rings (SSSR count). The molecule has 20 heavy (non-hydrogen) atoms. The maximum Gasteiger partial charge on any atom is 0.253 e. The fourth-order valence-corrected chi connectivity index (χ4v) is 2.08. The number of anilines is 2. The molecule has 0 saturated carbocycles. The minimum atomic E-state index is -0.0315. The Labute approximate surface area is 118 Å². The summed E-state index contributed by atoms with van der Waals surface area (Å²) in [7, 11) is 0. The van der Waals surface area contributed by atoms with Gasteiger partial charge in [0.25, 0.3) is 5.91 Å². The van der Waals surface area contributed by atoms with E-state index in [0.717, 1.165) is 24.2 Å². The Hall–Kier alpha value is -1.88. The van der Waals surface area contributed by atoms with Crippen LogP contribution in [0.5, 0.6) is 0 Å². The average molecular weight is 276 g/mol. The molecule has 2 amide bonds. The Bertz CT molecular complexity index is 471. The van der Waals surface area contributed by atoms with Crippen LogP contribution in [-0.4, -0.2) is 31.6 Å². The first-order valence-electron chi connectivity index (χ1n) is 6.98. The molecule has 0 radical (unpaired) electrons. The molecular weight excluding hydrogens is 256 g/mol. The van der Waals surface area contributed by atoms with Gasteiger partial charge in [0.1, 0.15) is 6.61 Å². The molecule has 0 aliphatic carbocycles. The molecule has 0 bridgehead atoms. The molecule has 1 heterocycles. The molecule has 1 aliphatic rings. The van der Waals surface area contributed by atoms with Gasteiger partial charge in [0.05, 0.1) is 6.61 Å². The predicted molar refractivity (Wildman–Crippen MR) is 77.8 cm³/mol. The second-order valence-electron chi connectivity index (χ2n) is 4.80. The fraction of sp³-hybridized carbons (Fsp3) is 0.467. The lowest BCUT2D eigenvalue weighted by molar-refractivity contribution is -0.125. The van der Waals surface area contributed by atoms with E-state index in [4.69, 9.17) is 4.74 Å². The Morgan fingerprint density at radius 1 is 1.35 bits per heavy atom. The van der Waals surface area contributed by atoms with Gasteiger partial charge < -0.3 is 15.0 Å². The first-order chi connectivity index (χ1) is 9.70. The van der Waals surface area contributed by atoms with Crippen LogP contribution >= 0.6 is 0 Å². The third kappa shape index (κ3) is 3.81. The van der Waals surface area contributed by atoms with E-state index in [1.165, 1.54) is 0 Å². The smallest absolute Gasteiger partial charge is 0.253 e. The molecule has 0 spiro atoms. The van der Waals surface area contributed by atoms with E-state index in [9.17, 15) is 9.59 Å².